The molecular formula is C28H40Cl2LiO4P. The van der Waals surface area contributed by atoms with Gasteiger partial charge in [-0.15, -0.1) is 0 Å². The molecule has 196 valence electrons. The molecule has 0 saturated carbocycles. The molecule has 8 heteroatoms. The molecule has 4 nitrogen and oxygen atoms in total. The fraction of sp³-hybridized carbons (Fsp3) is 0.536. The van der Waals surface area contributed by atoms with Crippen molar-refractivity contribution in [2.45, 2.75) is 78.6 Å². The molecule has 2 aromatic carbocycles. The molecule has 0 aliphatic heterocycles. The summed E-state index contributed by atoms with van der Waals surface area (Å²) in [5, 5.41) is 1.43. The molecule has 1 unspecified atom stereocenters. The zero-order valence-electron chi connectivity index (χ0n) is 21.3. The van der Waals surface area contributed by atoms with Gasteiger partial charge >= 0.3 is 18.9 Å². The van der Waals surface area contributed by atoms with Crippen molar-refractivity contribution in [3.05, 3.63) is 45.9 Å². The molecule has 1 atom stereocenters. The van der Waals surface area contributed by atoms with Crippen LogP contribution in [-0.2, 0) is 0 Å². The van der Waals surface area contributed by atoms with Gasteiger partial charge in [-0.3, -0.25) is 4.79 Å². The molecule has 0 radical (unpaired) electrons. The van der Waals surface area contributed by atoms with Gasteiger partial charge < -0.3 is 14.2 Å². The monoisotopic (exact) mass is 548 g/mol. The molecule has 0 heterocycles. The minimum absolute atomic E-state index is 0. The van der Waals surface area contributed by atoms with Crippen LogP contribution >= 0.6 is 31.8 Å². The zero-order valence-corrected chi connectivity index (χ0v) is 23.8. The van der Waals surface area contributed by atoms with Gasteiger partial charge in [-0.05, 0) is 40.0 Å². The summed E-state index contributed by atoms with van der Waals surface area (Å²) < 4.78 is 18.4. The average molecular weight is 549 g/mol. The first-order valence-corrected chi connectivity index (χ1v) is 14.6. The Morgan fingerprint density at radius 3 is 1.64 bits per heavy atom. The summed E-state index contributed by atoms with van der Waals surface area (Å²) in [4.78, 5) is 13.3. The van der Waals surface area contributed by atoms with Gasteiger partial charge in [-0.1, -0.05) is 88.6 Å². The molecule has 2 rings (SSSR count). The van der Waals surface area contributed by atoms with Crippen molar-refractivity contribution in [1.82, 2.24) is 0 Å². The molecule has 0 fully saturated rings. The Labute approximate surface area is 241 Å². The number of hydrogen-bond acceptors (Lipinski definition) is 4. The second-order valence-electron chi connectivity index (χ2n) is 8.51. The van der Waals surface area contributed by atoms with Crippen molar-refractivity contribution in [2.24, 2.45) is 0 Å². The fourth-order valence-corrected chi connectivity index (χ4v) is 5.39. The normalized spacial score (nSPS) is 10.9. The molecule has 0 N–H and O–H groups in total. The van der Waals surface area contributed by atoms with Gasteiger partial charge in [0.05, 0.1) is 40.7 Å². The number of unbranched alkanes of at least 4 members (excludes halogenated alkanes) is 6. The van der Waals surface area contributed by atoms with E-state index in [1.807, 2.05) is 12.1 Å². The topological polar surface area (TPSA) is 44.8 Å². The average Bonchev–Trinajstić information content (AvgIpc) is 2.84. The fourth-order valence-electron chi connectivity index (χ4n) is 3.50. The van der Waals surface area contributed by atoms with Crippen molar-refractivity contribution in [2.75, 3.05) is 19.8 Å². The van der Waals surface area contributed by atoms with Gasteiger partial charge in [0.2, 0.25) is 0 Å². The maximum absolute atomic E-state index is 13.3. The van der Waals surface area contributed by atoms with E-state index >= 15 is 0 Å². The summed E-state index contributed by atoms with van der Waals surface area (Å²) in [6, 6.07) is 8.88. The van der Waals surface area contributed by atoms with Gasteiger partial charge in [0.15, 0.2) is 5.52 Å². The van der Waals surface area contributed by atoms with Gasteiger partial charge in [-0.25, -0.2) is 0 Å². The summed E-state index contributed by atoms with van der Waals surface area (Å²) in [6.07, 6.45) is 9.50. The van der Waals surface area contributed by atoms with Gasteiger partial charge in [0.1, 0.15) is 17.2 Å². The van der Waals surface area contributed by atoms with Crippen LogP contribution in [0.3, 0.4) is 0 Å². The van der Waals surface area contributed by atoms with Gasteiger partial charge in [0, 0.05) is 12.1 Å². The molecule has 0 aromatic heterocycles. The number of carbonyl (C=O) groups is 1. The van der Waals surface area contributed by atoms with E-state index in [0.29, 0.717) is 52.7 Å². The first-order valence-electron chi connectivity index (χ1n) is 12.8. The van der Waals surface area contributed by atoms with Gasteiger partial charge in [-0.2, -0.15) is 0 Å². The van der Waals surface area contributed by atoms with E-state index in [-0.39, 0.29) is 33.0 Å². The van der Waals surface area contributed by atoms with Crippen molar-refractivity contribution in [3.63, 3.8) is 0 Å². The number of benzene rings is 2. The Bertz CT molecular complexity index is 873. The summed E-state index contributed by atoms with van der Waals surface area (Å²) in [5.41, 5.74) is 0.192. The molecule has 0 aliphatic carbocycles. The van der Waals surface area contributed by atoms with E-state index < -0.39 is 0 Å². The first-order chi connectivity index (χ1) is 17.0. The third-order valence-corrected chi connectivity index (χ3v) is 7.35. The standard InChI is InChI=1S/C28H39Cl2O4P.Li.H/c1-4-7-10-16-32-21-19-24(33-17-11-8-5-2)27(25(20-21)34-18-12-9-6-3)35-28(31)26-22(29)14-13-15-23(26)30;;/h13-15,19-20,35H,4-12,16-18H2,1-3H3;;. The molecule has 36 heavy (non-hydrogen) atoms. The molecular weight excluding hydrogens is 509 g/mol. The summed E-state index contributed by atoms with van der Waals surface area (Å²) >= 11 is 12.7. The molecule has 0 spiro atoms. The number of halogens is 2. The predicted octanol–water partition coefficient (Wildman–Crippen LogP) is 8.20. The molecule has 0 saturated heterocycles. The van der Waals surface area contributed by atoms with Crippen LogP contribution in [-0.4, -0.2) is 44.2 Å². The Kier molecular flexibility index (Phi) is 17.7. The first kappa shape index (κ1) is 33.1. The second kappa shape index (κ2) is 19.2. The van der Waals surface area contributed by atoms with E-state index in [0.717, 1.165) is 63.1 Å². The summed E-state index contributed by atoms with van der Waals surface area (Å²) in [7, 11) is -0.244. The van der Waals surface area contributed by atoms with Gasteiger partial charge in [0.25, 0.3) is 0 Å². The van der Waals surface area contributed by atoms with E-state index in [4.69, 9.17) is 37.4 Å². The SMILES string of the molecule is CCCCCOc1cc(OCCCCC)c(PC(=O)c2c(Cl)cccc2Cl)c(OCCCCC)c1.[LiH]. The second-order valence-corrected chi connectivity index (χ2v) is 10.5. The van der Waals surface area contributed by atoms with Crippen molar-refractivity contribution in [3.8, 4) is 17.2 Å². The Balaban J connectivity index is 0.00000648. The van der Waals surface area contributed by atoms with Crippen LogP contribution in [0.1, 0.15) is 88.9 Å². The minimum atomic E-state index is -0.244. The number of carbonyl (C=O) groups excluding carboxylic acids is 1. The molecule has 0 amide bonds. The van der Waals surface area contributed by atoms with Crippen LogP contribution in [0.2, 0.25) is 10.0 Å². The number of ether oxygens (including phenoxy) is 3. The van der Waals surface area contributed by atoms with E-state index in [1.165, 1.54) is 0 Å². The third-order valence-electron chi connectivity index (χ3n) is 5.50. The zero-order chi connectivity index (χ0) is 25.5. The maximum atomic E-state index is 13.3. The quantitative estimate of drug-likeness (QED) is 0.107. The predicted molar refractivity (Wildman–Crippen MR) is 157 cm³/mol. The summed E-state index contributed by atoms with van der Waals surface area (Å²) in [6.45, 7) is 8.26. The summed E-state index contributed by atoms with van der Waals surface area (Å²) in [5.74, 6) is 1.97. The van der Waals surface area contributed by atoms with Crippen molar-refractivity contribution in [1.29, 1.82) is 0 Å². The molecule has 0 bridgehead atoms. The van der Waals surface area contributed by atoms with Crippen LogP contribution < -0.4 is 19.5 Å². The third kappa shape index (κ3) is 11.2. The van der Waals surface area contributed by atoms with Crippen LogP contribution in [0.4, 0.5) is 0 Å². The Morgan fingerprint density at radius 2 is 1.19 bits per heavy atom. The van der Waals surface area contributed by atoms with Crippen LogP contribution in [0, 0.1) is 0 Å². The van der Waals surface area contributed by atoms with Crippen molar-refractivity contribution >= 4 is 61.5 Å². The number of hydrogen-bond donors (Lipinski definition) is 0. The Hall–Kier alpha value is -0.883. The number of rotatable bonds is 18. The molecule has 2 aromatic rings. The van der Waals surface area contributed by atoms with E-state index in [2.05, 4.69) is 20.8 Å². The van der Waals surface area contributed by atoms with E-state index in [1.54, 1.807) is 18.2 Å². The molecule has 0 aliphatic rings. The van der Waals surface area contributed by atoms with E-state index in [9.17, 15) is 4.79 Å². The van der Waals surface area contributed by atoms with Crippen LogP contribution in [0.15, 0.2) is 30.3 Å². The van der Waals surface area contributed by atoms with Crippen molar-refractivity contribution < 1.29 is 19.0 Å². The Morgan fingerprint density at radius 1 is 0.750 bits per heavy atom. The van der Waals surface area contributed by atoms with Crippen LogP contribution in [0.5, 0.6) is 17.2 Å². The van der Waals surface area contributed by atoms with Crippen LogP contribution in [0.25, 0.3) is 0 Å².